The summed E-state index contributed by atoms with van der Waals surface area (Å²) in [5.41, 5.74) is 1.22. The molecule has 4 heterocycles. The Morgan fingerprint density at radius 1 is 1.14 bits per heavy atom. The first-order chi connectivity index (χ1) is 23.0. The second kappa shape index (κ2) is 14.4. The molecule has 13 nitrogen and oxygen atoms in total. The molecule has 1 unspecified atom stereocenters. The van der Waals surface area contributed by atoms with Crippen molar-refractivity contribution >= 4 is 65.6 Å². The Labute approximate surface area is 291 Å². The molecule has 0 radical (unpaired) electrons. The highest BCUT2D eigenvalue weighted by molar-refractivity contribution is 6.76. The van der Waals surface area contributed by atoms with Crippen molar-refractivity contribution in [3.05, 3.63) is 53.1 Å². The molecule has 15 heteroatoms. The predicted octanol–water partition coefficient (Wildman–Crippen LogP) is 6.79. The van der Waals surface area contributed by atoms with Gasteiger partial charge in [-0.25, -0.2) is 14.3 Å². The molecule has 3 N–H and O–H groups in total. The van der Waals surface area contributed by atoms with Crippen molar-refractivity contribution in [2.24, 2.45) is 5.92 Å². The van der Waals surface area contributed by atoms with E-state index in [1.54, 1.807) is 39.2 Å². The maximum atomic E-state index is 14.0. The van der Waals surface area contributed by atoms with Crippen LogP contribution >= 0.6 is 11.6 Å². The van der Waals surface area contributed by atoms with Gasteiger partial charge in [0.25, 0.3) is 5.91 Å². The van der Waals surface area contributed by atoms with E-state index in [2.05, 4.69) is 45.3 Å². The lowest BCUT2D eigenvalue weighted by Gasteiger charge is -2.35. The van der Waals surface area contributed by atoms with Gasteiger partial charge in [-0.1, -0.05) is 31.2 Å². The van der Waals surface area contributed by atoms with Crippen LogP contribution in [0.3, 0.4) is 0 Å². The lowest BCUT2D eigenvalue weighted by molar-refractivity contribution is -0.142. The Hall–Kier alpha value is -4.14. The number of fused-ring (bicyclic) bond motifs is 2. The van der Waals surface area contributed by atoms with Crippen LogP contribution in [0, 0.1) is 5.92 Å². The average Bonchev–Trinajstić information content (AvgIpc) is 3.59. The van der Waals surface area contributed by atoms with Crippen LogP contribution < -0.4 is 15.5 Å². The van der Waals surface area contributed by atoms with Gasteiger partial charge in [-0.2, -0.15) is 0 Å². The smallest absolute Gasteiger partial charge is 0.413 e. The van der Waals surface area contributed by atoms with Crippen LogP contribution in [-0.2, 0) is 21.0 Å². The van der Waals surface area contributed by atoms with E-state index in [-0.39, 0.29) is 17.0 Å². The number of benzene rings is 1. The number of aliphatic carboxylic acids is 1. The summed E-state index contributed by atoms with van der Waals surface area (Å²) in [6.07, 6.45) is 7.38. The molecule has 1 aromatic carbocycles. The van der Waals surface area contributed by atoms with Crippen molar-refractivity contribution in [3.8, 4) is 0 Å². The number of piperidine rings is 1. The van der Waals surface area contributed by atoms with E-state index in [1.807, 2.05) is 30.0 Å². The molecule has 1 aliphatic rings. The van der Waals surface area contributed by atoms with Crippen molar-refractivity contribution in [3.63, 3.8) is 0 Å². The lowest BCUT2D eigenvalue weighted by atomic mass is 9.94. The quantitative estimate of drug-likeness (QED) is 0.113. The molecule has 1 atom stereocenters. The lowest BCUT2D eigenvalue weighted by Crippen LogP contribution is -2.37. The number of carbonyl (C=O) groups excluding carboxylic acids is 2. The Morgan fingerprint density at radius 3 is 2.49 bits per heavy atom. The van der Waals surface area contributed by atoms with Gasteiger partial charge in [-0.15, -0.1) is 5.10 Å². The Morgan fingerprint density at radius 2 is 1.84 bits per heavy atom. The Kier molecular flexibility index (Phi) is 10.6. The minimum absolute atomic E-state index is 0.00769. The number of nitrogens with zero attached hydrogens (tertiary/aromatic N) is 5. The minimum Gasteiger partial charge on any atom is -0.481 e. The second-order valence-electron chi connectivity index (χ2n) is 14.8. The number of rotatable bonds is 11. The third kappa shape index (κ3) is 8.72. The molecule has 264 valence electrons. The molecular weight excluding hydrogens is 666 g/mol. The summed E-state index contributed by atoms with van der Waals surface area (Å²) in [6, 6.07) is 4.02. The monoisotopic (exact) mass is 711 g/mol. The predicted molar refractivity (Wildman–Crippen MR) is 192 cm³/mol. The highest BCUT2D eigenvalue weighted by Gasteiger charge is 2.31. The summed E-state index contributed by atoms with van der Waals surface area (Å²) in [7, 11) is -1.25. The fourth-order valence-corrected chi connectivity index (χ4v) is 6.94. The van der Waals surface area contributed by atoms with Gasteiger partial charge in [-0.05, 0) is 64.3 Å². The van der Waals surface area contributed by atoms with E-state index in [1.165, 1.54) is 4.52 Å². The van der Waals surface area contributed by atoms with Gasteiger partial charge in [0, 0.05) is 63.3 Å². The molecule has 1 saturated heterocycles. The number of anilines is 2. The van der Waals surface area contributed by atoms with Crippen LogP contribution in [0.25, 0.3) is 16.4 Å². The fraction of sp³-hybridized carbons (Fsp3) is 0.500. The molecule has 49 heavy (non-hydrogen) atoms. The van der Waals surface area contributed by atoms with Crippen LogP contribution in [0.15, 0.2) is 36.9 Å². The molecule has 2 amide bonds. The largest absolute Gasteiger partial charge is 0.481 e. The van der Waals surface area contributed by atoms with E-state index in [9.17, 15) is 19.5 Å². The highest BCUT2D eigenvalue weighted by Crippen LogP contribution is 2.41. The first kappa shape index (κ1) is 36.1. The van der Waals surface area contributed by atoms with Crippen LogP contribution in [0.1, 0.15) is 62.5 Å². The third-order valence-electron chi connectivity index (χ3n) is 8.40. The number of amides is 2. The minimum atomic E-state index is -1.25. The number of carbonyl (C=O) groups is 3. The fourth-order valence-electron chi connectivity index (χ4n) is 5.91. The third-order valence-corrected chi connectivity index (χ3v) is 10.4. The van der Waals surface area contributed by atoms with Crippen molar-refractivity contribution in [1.29, 1.82) is 0 Å². The van der Waals surface area contributed by atoms with Crippen LogP contribution in [0.5, 0.6) is 0 Å². The molecule has 5 rings (SSSR count). The normalized spacial score (nSPS) is 15.1. The molecule has 0 aliphatic carbocycles. The van der Waals surface area contributed by atoms with Gasteiger partial charge >= 0.3 is 12.1 Å². The van der Waals surface area contributed by atoms with Crippen molar-refractivity contribution < 1.29 is 29.0 Å². The number of ether oxygens (including phenoxy) is 2. The molecule has 0 spiro atoms. The standard InChI is InChI=1S/C34H46ClN7O6Si/c1-21(37-31(43)27-29(38-33(46)48-34(2,3)4)39-42-12-8-11-36-30(27)42)23-17-26(35)24-18-40(20-47-15-16-49(5,6)7)19-25(24)28(23)41-13-9-22(10-14-41)32(44)45/h8,11-12,17-19,21-22H,9-10,13-16,20H2,1-7H3,(H,37,43)(H,44,45)(H,38,39,46). The first-order valence-electron chi connectivity index (χ1n) is 16.5. The van der Waals surface area contributed by atoms with Gasteiger partial charge in [-0.3, -0.25) is 14.9 Å². The number of carboxylic acids is 1. The SMILES string of the molecule is CC(NC(=O)c1c(NC(=O)OC(C)(C)C)nn2cccnc12)c1cc(Cl)c2cn(COCC[Si](C)(C)C)cc2c1N1CCC(C(=O)O)CC1. The molecule has 3 aromatic heterocycles. The Bertz CT molecular complexity index is 1850. The zero-order valence-electron chi connectivity index (χ0n) is 29.2. The van der Waals surface area contributed by atoms with Gasteiger partial charge in [0.1, 0.15) is 17.9 Å². The van der Waals surface area contributed by atoms with Crippen molar-refractivity contribution in [1.82, 2.24) is 24.5 Å². The van der Waals surface area contributed by atoms with Gasteiger partial charge < -0.3 is 29.4 Å². The number of hydrogen-bond acceptors (Lipinski definition) is 8. The van der Waals surface area contributed by atoms with E-state index in [0.29, 0.717) is 44.3 Å². The second-order valence-corrected chi connectivity index (χ2v) is 20.8. The first-order valence-corrected chi connectivity index (χ1v) is 20.6. The molecule has 0 bridgehead atoms. The van der Waals surface area contributed by atoms with Crippen LogP contribution in [-0.4, -0.2) is 75.6 Å². The van der Waals surface area contributed by atoms with Crippen molar-refractivity contribution in [2.45, 2.75) is 84.6 Å². The molecule has 0 saturated carbocycles. The van der Waals surface area contributed by atoms with E-state index in [0.717, 1.165) is 28.1 Å². The number of carboxylic acid groups (broad SMARTS) is 1. The number of nitrogens with one attached hydrogen (secondary N) is 2. The summed E-state index contributed by atoms with van der Waals surface area (Å²) in [6.45, 7) is 16.1. The summed E-state index contributed by atoms with van der Waals surface area (Å²) in [4.78, 5) is 45.0. The van der Waals surface area contributed by atoms with Crippen molar-refractivity contribution in [2.75, 3.05) is 29.9 Å². The Balaban J connectivity index is 1.49. The maximum Gasteiger partial charge on any atom is 0.413 e. The molecule has 4 aromatic rings. The summed E-state index contributed by atoms with van der Waals surface area (Å²) in [5.74, 6) is -1.70. The number of hydrogen-bond donors (Lipinski definition) is 3. The summed E-state index contributed by atoms with van der Waals surface area (Å²) >= 11 is 6.92. The van der Waals surface area contributed by atoms with Gasteiger partial charge in [0.15, 0.2) is 11.5 Å². The molecular formula is C34H46ClN7O6Si. The molecule has 1 fully saturated rings. The topological polar surface area (TPSA) is 152 Å². The molecule has 1 aliphatic heterocycles. The van der Waals surface area contributed by atoms with Gasteiger partial charge in [0.05, 0.1) is 22.7 Å². The van der Waals surface area contributed by atoms with Crippen LogP contribution in [0.4, 0.5) is 16.3 Å². The van der Waals surface area contributed by atoms with E-state index < -0.39 is 43.6 Å². The summed E-state index contributed by atoms with van der Waals surface area (Å²) < 4.78 is 14.8. The highest BCUT2D eigenvalue weighted by atomic mass is 35.5. The zero-order chi connectivity index (χ0) is 35.7. The average molecular weight is 712 g/mol. The van der Waals surface area contributed by atoms with E-state index in [4.69, 9.17) is 21.1 Å². The number of halogens is 1. The van der Waals surface area contributed by atoms with Gasteiger partial charge in [0.2, 0.25) is 0 Å². The van der Waals surface area contributed by atoms with Crippen LogP contribution in [0.2, 0.25) is 30.7 Å². The maximum absolute atomic E-state index is 14.0. The zero-order valence-corrected chi connectivity index (χ0v) is 30.9. The number of aromatic nitrogens is 4. The summed E-state index contributed by atoms with van der Waals surface area (Å²) in [5, 5.41) is 22.0. The van der Waals surface area contributed by atoms with E-state index >= 15 is 0 Å².